The molecular formula is C20H28N2O. The molecule has 1 aliphatic carbocycles. The Hall–Kier alpha value is -1.77. The van der Waals surface area contributed by atoms with Crippen molar-refractivity contribution in [1.82, 2.24) is 9.80 Å². The molecule has 0 spiro atoms. The van der Waals surface area contributed by atoms with Crippen molar-refractivity contribution in [1.29, 1.82) is 0 Å². The molecule has 2 heterocycles. The fourth-order valence-corrected chi connectivity index (χ4v) is 3.34. The molecule has 1 saturated heterocycles. The van der Waals surface area contributed by atoms with Crippen LogP contribution in [-0.4, -0.2) is 28.8 Å². The maximum absolute atomic E-state index is 12.8. The number of carbonyl (C=O) groups is 1. The van der Waals surface area contributed by atoms with Crippen molar-refractivity contribution in [2.45, 2.75) is 41.0 Å². The summed E-state index contributed by atoms with van der Waals surface area (Å²) < 4.78 is 0. The number of piperazine rings is 1. The van der Waals surface area contributed by atoms with Crippen LogP contribution in [0.15, 0.2) is 48.0 Å². The zero-order valence-corrected chi connectivity index (χ0v) is 15.0. The van der Waals surface area contributed by atoms with Gasteiger partial charge in [0.15, 0.2) is 0 Å². The van der Waals surface area contributed by atoms with Gasteiger partial charge in [-0.1, -0.05) is 53.3 Å². The van der Waals surface area contributed by atoms with E-state index in [-0.39, 0.29) is 16.7 Å². The van der Waals surface area contributed by atoms with Crippen LogP contribution in [0, 0.1) is 16.7 Å². The molecule has 0 radical (unpaired) electrons. The minimum atomic E-state index is 0.0460. The van der Waals surface area contributed by atoms with E-state index in [1.54, 1.807) is 0 Å². The summed E-state index contributed by atoms with van der Waals surface area (Å²) >= 11 is 0. The lowest BCUT2D eigenvalue weighted by Gasteiger charge is -2.46. The summed E-state index contributed by atoms with van der Waals surface area (Å²) in [5, 5.41) is 0. The summed E-state index contributed by atoms with van der Waals surface area (Å²) in [6.07, 6.45) is 9.75. The van der Waals surface area contributed by atoms with Crippen LogP contribution in [0.1, 0.15) is 41.0 Å². The van der Waals surface area contributed by atoms with Crippen molar-refractivity contribution < 1.29 is 4.79 Å². The number of hydrogen-bond donors (Lipinski definition) is 0. The van der Waals surface area contributed by atoms with Crippen LogP contribution < -0.4 is 0 Å². The molecule has 0 aromatic carbocycles. The number of allylic oxidation sites excluding steroid dienone is 4. The average molecular weight is 312 g/mol. The fourth-order valence-electron chi connectivity index (χ4n) is 3.34. The first kappa shape index (κ1) is 16.1. The quantitative estimate of drug-likeness (QED) is 0.718. The van der Waals surface area contributed by atoms with Crippen LogP contribution in [0.25, 0.3) is 0 Å². The van der Waals surface area contributed by atoms with Gasteiger partial charge in [-0.3, -0.25) is 4.79 Å². The van der Waals surface area contributed by atoms with Crippen molar-refractivity contribution in [3.05, 3.63) is 48.0 Å². The zero-order valence-electron chi connectivity index (χ0n) is 15.0. The molecule has 2 bridgehead atoms. The Morgan fingerprint density at radius 2 is 2.04 bits per heavy atom. The Morgan fingerprint density at radius 3 is 2.70 bits per heavy atom. The highest BCUT2D eigenvalue weighted by Crippen LogP contribution is 2.43. The molecule has 2 aliphatic heterocycles. The van der Waals surface area contributed by atoms with E-state index in [0.29, 0.717) is 11.6 Å². The van der Waals surface area contributed by atoms with E-state index in [4.69, 9.17) is 0 Å². The second kappa shape index (κ2) is 5.12. The molecular weight excluding hydrogens is 284 g/mol. The van der Waals surface area contributed by atoms with E-state index in [1.807, 2.05) is 4.90 Å². The van der Waals surface area contributed by atoms with Gasteiger partial charge in [0, 0.05) is 18.5 Å². The van der Waals surface area contributed by atoms with Crippen LogP contribution in [0.3, 0.4) is 0 Å². The highest BCUT2D eigenvalue weighted by atomic mass is 16.2. The molecule has 0 N–H and O–H groups in total. The van der Waals surface area contributed by atoms with Crippen LogP contribution in [0.2, 0.25) is 0 Å². The SMILES string of the molecule is C=C1C(=O)N2CCC3(C)C=CC=C(C2=C3)N1CC(C)C(C)(C)C. The number of rotatable bonds is 2. The Labute approximate surface area is 140 Å². The summed E-state index contributed by atoms with van der Waals surface area (Å²) in [5.41, 5.74) is 3.01. The molecule has 0 aromatic heterocycles. The van der Waals surface area contributed by atoms with E-state index < -0.39 is 0 Å². The summed E-state index contributed by atoms with van der Waals surface area (Å²) in [6.45, 7) is 16.9. The van der Waals surface area contributed by atoms with Gasteiger partial charge in [0.1, 0.15) is 5.70 Å². The molecule has 0 aromatic rings. The van der Waals surface area contributed by atoms with E-state index in [1.165, 1.54) is 0 Å². The van der Waals surface area contributed by atoms with Crippen LogP contribution in [0.4, 0.5) is 0 Å². The first-order valence-corrected chi connectivity index (χ1v) is 8.53. The lowest BCUT2D eigenvalue weighted by Crippen LogP contribution is -2.49. The fraction of sp³-hybridized carbons (Fsp3) is 0.550. The standard InChI is InChI=1S/C20H28N2O/c1-14(19(3,4)5)13-22-15(2)18(23)21-11-10-20(6)9-7-8-16(22)17(21)12-20/h7-9,12,14H,2,10-11,13H2,1,3-6H3. The average Bonchev–Trinajstić information content (AvgIpc) is 2.59. The van der Waals surface area contributed by atoms with Crippen molar-refractivity contribution in [3.63, 3.8) is 0 Å². The summed E-state index contributed by atoms with van der Waals surface area (Å²) in [6, 6.07) is 0. The van der Waals surface area contributed by atoms with Crippen LogP contribution in [0.5, 0.6) is 0 Å². The van der Waals surface area contributed by atoms with E-state index >= 15 is 0 Å². The smallest absolute Gasteiger partial charge is 0.274 e. The predicted octanol–water partition coefficient (Wildman–Crippen LogP) is 4.07. The van der Waals surface area contributed by atoms with Gasteiger partial charge in [0.05, 0.1) is 11.4 Å². The molecule has 23 heavy (non-hydrogen) atoms. The molecule has 124 valence electrons. The number of fused-ring (bicyclic) bond motifs is 1. The lowest BCUT2D eigenvalue weighted by atomic mass is 9.80. The van der Waals surface area contributed by atoms with Gasteiger partial charge in [-0.2, -0.15) is 0 Å². The monoisotopic (exact) mass is 312 g/mol. The number of nitrogens with zero attached hydrogens (tertiary/aromatic N) is 2. The third-order valence-corrected chi connectivity index (χ3v) is 5.67. The highest BCUT2D eigenvalue weighted by molar-refractivity contribution is 5.96. The second-order valence-electron chi connectivity index (χ2n) is 8.48. The molecule has 3 aliphatic rings. The van der Waals surface area contributed by atoms with E-state index in [0.717, 1.165) is 30.9 Å². The van der Waals surface area contributed by atoms with Gasteiger partial charge in [0.2, 0.25) is 0 Å². The summed E-state index contributed by atoms with van der Waals surface area (Å²) in [7, 11) is 0. The molecule has 2 unspecified atom stereocenters. The van der Waals surface area contributed by atoms with E-state index in [2.05, 4.69) is 70.4 Å². The molecule has 2 atom stereocenters. The Bertz CT molecular complexity index is 647. The normalized spacial score (nSPS) is 28.4. The third kappa shape index (κ3) is 2.66. The second-order valence-corrected chi connectivity index (χ2v) is 8.48. The molecule has 3 nitrogen and oxygen atoms in total. The van der Waals surface area contributed by atoms with E-state index in [9.17, 15) is 4.79 Å². The maximum Gasteiger partial charge on any atom is 0.274 e. The van der Waals surface area contributed by atoms with Gasteiger partial charge in [0.25, 0.3) is 5.91 Å². The molecule has 0 saturated carbocycles. The van der Waals surface area contributed by atoms with Crippen molar-refractivity contribution in [2.75, 3.05) is 13.1 Å². The molecule has 1 amide bonds. The highest BCUT2D eigenvalue weighted by Gasteiger charge is 2.41. The lowest BCUT2D eigenvalue weighted by molar-refractivity contribution is -0.128. The van der Waals surface area contributed by atoms with Gasteiger partial charge >= 0.3 is 0 Å². The molecule has 1 fully saturated rings. The summed E-state index contributed by atoms with van der Waals surface area (Å²) in [4.78, 5) is 16.8. The molecule has 3 heteroatoms. The Kier molecular flexibility index (Phi) is 3.58. The largest absolute Gasteiger partial charge is 0.335 e. The Balaban J connectivity index is 2.01. The van der Waals surface area contributed by atoms with Crippen LogP contribution >= 0.6 is 0 Å². The van der Waals surface area contributed by atoms with Gasteiger partial charge < -0.3 is 9.80 Å². The van der Waals surface area contributed by atoms with Gasteiger partial charge in [-0.15, -0.1) is 0 Å². The van der Waals surface area contributed by atoms with Gasteiger partial charge in [-0.25, -0.2) is 0 Å². The minimum Gasteiger partial charge on any atom is -0.335 e. The van der Waals surface area contributed by atoms with Crippen molar-refractivity contribution >= 4 is 5.91 Å². The number of amides is 1. The topological polar surface area (TPSA) is 23.6 Å². The molecule has 3 rings (SSSR count). The zero-order chi connectivity index (χ0) is 17.0. The Morgan fingerprint density at radius 1 is 1.35 bits per heavy atom. The van der Waals surface area contributed by atoms with Gasteiger partial charge in [-0.05, 0) is 29.9 Å². The predicted molar refractivity (Wildman–Crippen MR) is 94.2 cm³/mol. The maximum atomic E-state index is 12.8. The third-order valence-electron chi connectivity index (χ3n) is 5.67. The first-order valence-electron chi connectivity index (χ1n) is 8.53. The van der Waals surface area contributed by atoms with Crippen molar-refractivity contribution in [3.8, 4) is 0 Å². The summed E-state index contributed by atoms with van der Waals surface area (Å²) in [5.74, 6) is 0.501. The first-order chi connectivity index (χ1) is 10.6. The van der Waals surface area contributed by atoms with Crippen LogP contribution in [-0.2, 0) is 4.79 Å². The van der Waals surface area contributed by atoms with Crippen molar-refractivity contribution in [2.24, 2.45) is 16.7 Å². The number of hydrogen-bond acceptors (Lipinski definition) is 2. The minimum absolute atomic E-state index is 0.0460. The number of carbonyl (C=O) groups excluding carboxylic acids is 1.